The first-order valence-electron chi connectivity index (χ1n) is 11.8. The zero-order chi connectivity index (χ0) is 24.6. The van der Waals surface area contributed by atoms with Crippen molar-refractivity contribution in [3.05, 3.63) is 42.5 Å². The van der Waals surface area contributed by atoms with Crippen LogP contribution in [-0.4, -0.2) is 61.6 Å². The van der Waals surface area contributed by atoms with Crippen LogP contribution in [0.5, 0.6) is 5.75 Å². The van der Waals surface area contributed by atoms with Crippen molar-refractivity contribution in [3.63, 3.8) is 0 Å². The molecule has 0 saturated carbocycles. The highest BCUT2D eigenvalue weighted by Crippen LogP contribution is 2.35. The second-order valence-electron chi connectivity index (χ2n) is 8.99. The molecule has 10 nitrogen and oxygen atoms in total. The van der Waals surface area contributed by atoms with Crippen LogP contribution < -0.4 is 15.0 Å². The molecule has 1 N–H and O–H groups in total. The fraction of sp³-hybridized carbons (Fsp3) is 0.400. The van der Waals surface area contributed by atoms with Crippen LogP contribution in [0.2, 0.25) is 0 Å². The molecule has 10 heteroatoms. The normalized spacial score (nSPS) is 14.7. The van der Waals surface area contributed by atoms with Crippen LogP contribution in [0, 0.1) is 6.92 Å². The van der Waals surface area contributed by atoms with Crippen LogP contribution >= 0.6 is 0 Å². The lowest BCUT2D eigenvalue weighted by atomic mass is 9.96. The van der Waals surface area contributed by atoms with Gasteiger partial charge in [-0.3, -0.25) is 0 Å². The van der Waals surface area contributed by atoms with Crippen molar-refractivity contribution in [1.29, 1.82) is 0 Å². The number of nitrogens with zero attached hydrogens (tertiary/aromatic N) is 7. The Hall–Kier alpha value is -3.79. The van der Waals surface area contributed by atoms with E-state index in [0.717, 1.165) is 52.6 Å². The third-order valence-electron chi connectivity index (χ3n) is 6.02. The molecule has 0 aliphatic carbocycles. The van der Waals surface area contributed by atoms with Crippen LogP contribution in [0.25, 0.3) is 22.3 Å². The van der Waals surface area contributed by atoms with E-state index in [9.17, 15) is 0 Å². The Balaban J connectivity index is 1.47. The quantitative estimate of drug-likeness (QED) is 0.407. The standard InChI is InChI=1S/C25H30N8O2/c1-6-34-20-11-17(22-31-27-15-32(22)5)8-9-19(20)29-24-26-12-18-10-16(3)28-23(21(18)30-24)33-13-25(4,14-33)35-7-2/h8-12,15H,6-7,13-14H2,1-5H3,(H,26,29,30). The summed E-state index contributed by atoms with van der Waals surface area (Å²) in [6.07, 6.45) is 3.51. The van der Waals surface area contributed by atoms with E-state index < -0.39 is 0 Å². The summed E-state index contributed by atoms with van der Waals surface area (Å²) < 4.78 is 13.7. The first-order chi connectivity index (χ1) is 16.9. The maximum atomic E-state index is 5.92. The van der Waals surface area contributed by atoms with Crippen LogP contribution in [-0.2, 0) is 11.8 Å². The van der Waals surface area contributed by atoms with Crippen molar-refractivity contribution in [2.75, 3.05) is 36.5 Å². The van der Waals surface area contributed by atoms with Gasteiger partial charge >= 0.3 is 0 Å². The number of aryl methyl sites for hydroxylation is 2. The predicted octanol–water partition coefficient (Wildman–Crippen LogP) is 3.89. The van der Waals surface area contributed by atoms with Crippen LogP contribution in [0.3, 0.4) is 0 Å². The van der Waals surface area contributed by atoms with E-state index in [1.807, 2.05) is 62.8 Å². The molecular weight excluding hydrogens is 444 g/mol. The molecule has 1 aliphatic rings. The minimum atomic E-state index is -0.155. The van der Waals surface area contributed by atoms with Crippen LogP contribution in [0.4, 0.5) is 17.5 Å². The van der Waals surface area contributed by atoms with Gasteiger partial charge in [-0.15, -0.1) is 10.2 Å². The van der Waals surface area contributed by atoms with E-state index >= 15 is 0 Å². The van der Waals surface area contributed by atoms with E-state index in [2.05, 4.69) is 32.3 Å². The topological polar surface area (TPSA) is 103 Å². The highest BCUT2D eigenvalue weighted by atomic mass is 16.5. The van der Waals surface area contributed by atoms with E-state index in [0.29, 0.717) is 24.9 Å². The molecule has 1 aliphatic heterocycles. The number of rotatable bonds is 8. The third-order valence-corrected chi connectivity index (χ3v) is 6.02. The number of nitrogens with one attached hydrogen (secondary N) is 1. The summed E-state index contributed by atoms with van der Waals surface area (Å²) in [4.78, 5) is 16.4. The fourth-order valence-electron chi connectivity index (χ4n) is 4.49. The average molecular weight is 475 g/mol. The van der Waals surface area contributed by atoms with Gasteiger partial charge in [-0.05, 0) is 52.0 Å². The maximum Gasteiger partial charge on any atom is 0.227 e. The highest BCUT2D eigenvalue weighted by Gasteiger charge is 2.41. The second kappa shape index (κ2) is 9.10. The molecule has 0 unspecified atom stereocenters. The zero-order valence-electron chi connectivity index (χ0n) is 20.7. The average Bonchev–Trinajstić information content (AvgIpc) is 3.24. The zero-order valence-corrected chi connectivity index (χ0v) is 20.7. The van der Waals surface area contributed by atoms with Gasteiger partial charge in [0.1, 0.15) is 23.2 Å². The van der Waals surface area contributed by atoms with Crippen molar-refractivity contribution in [1.82, 2.24) is 29.7 Å². The Labute approximate surface area is 204 Å². The van der Waals surface area contributed by atoms with E-state index in [1.54, 1.807) is 6.33 Å². The van der Waals surface area contributed by atoms with E-state index in [4.69, 9.17) is 19.4 Å². The van der Waals surface area contributed by atoms with Gasteiger partial charge in [0, 0.05) is 36.5 Å². The molecule has 0 amide bonds. The van der Waals surface area contributed by atoms with Gasteiger partial charge in [-0.1, -0.05) is 0 Å². The lowest BCUT2D eigenvalue weighted by Crippen LogP contribution is -2.62. The summed E-state index contributed by atoms with van der Waals surface area (Å²) in [5.74, 6) is 2.78. The molecule has 5 rings (SSSR count). The first-order valence-corrected chi connectivity index (χ1v) is 11.8. The number of ether oxygens (including phenoxy) is 2. The number of hydrogen-bond acceptors (Lipinski definition) is 9. The number of aromatic nitrogens is 6. The molecule has 4 aromatic rings. The lowest BCUT2D eigenvalue weighted by Gasteiger charge is -2.48. The van der Waals surface area contributed by atoms with E-state index in [1.165, 1.54) is 0 Å². The first kappa shape index (κ1) is 23.0. The summed E-state index contributed by atoms with van der Waals surface area (Å²) in [6, 6.07) is 7.87. The van der Waals surface area contributed by atoms with Crippen molar-refractivity contribution in [2.45, 2.75) is 33.3 Å². The number of pyridine rings is 1. The lowest BCUT2D eigenvalue weighted by molar-refractivity contribution is -0.0447. The summed E-state index contributed by atoms with van der Waals surface area (Å²) in [5.41, 5.74) is 3.26. The molecule has 0 atom stereocenters. The van der Waals surface area contributed by atoms with E-state index in [-0.39, 0.29) is 5.60 Å². The number of benzene rings is 1. The molecule has 182 valence electrons. The summed E-state index contributed by atoms with van der Waals surface area (Å²) in [6.45, 7) is 10.9. The van der Waals surface area contributed by atoms with Crippen molar-refractivity contribution in [3.8, 4) is 17.1 Å². The molecule has 3 aromatic heterocycles. The summed E-state index contributed by atoms with van der Waals surface area (Å²) >= 11 is 0. The Morgan fingerprint density at radius 3 is 2.66 bits per heavy atom. The third kappa shape index (κ3) is 4.49. The summed E-state index contributed by atoms with van der Waals surface area (Å²) in [5, 5.41) is 12.4. The SMILES string of the molecule is CCOc1cc(-c2nncn2C)ccc1Nc1ncc2cc(C)nc(N3CC(C)(OCC)C3)c2n1. The Morgan fingerprint density at radius 2 is 1.94 bits per heavy atom. The maximum absolute atomic E-state index is 5.92. The molecule has 4 heterocycles. The van der Waals surface area contributed by atoms with Gasteiger partial charge in [0.25, 0.3) is 0 Å². The number of hydrogen-bond donors (Lipinski definition) is 1. The Morgan fingerprint density at radius 1 is 1.11 bits per heavy atom. The van der Waals surface area contributed by atoms with Gasteiger partial charge in [0.15, 0.2) is 11.6 Å². The Kier molecular flexibility index (Phi) is 5.98. The largest absolute Gasteiger partial charge is 0.492 e. The van der Waals surface area contributed by atoms with Gasteiger partial charge in [0.2, 0.25) is 5.95 Å². The van der Waals surface area contributed by atoms with Crippen LogP contribution in [0.15, 0.2) is 36.8 Å². The predicted molar refractivity (Wildman–Crippen MR) is 135 cm³/mol. The smallest absolute Gasteiger partial charge is 0.227 e. The second-order valence-corrected chi connectivity index (χ2v) is 8.99. The van der Waals surface area contributed by atoms with Gasteiger partial charge in [0.05, 0.1) is 25.4 Å². The highest BCUT2D eigenvalue weighted by molar-refractivity contribution is 5.90. The minimum absolute atomic E-state index is 0.155. The molecule has 0 spiro atoms. The molecule has 1 saturated heterocycles. The Bertz CT molecular complexity index is 1360. The molecule has 35 heavy (non-hydrogen) atoms. The molecule has 1 fully saturated rings. The van der Waals surface area contributed by atoms with Crippen molar-refractivity contribution >= 4 is 28.4 Å². The van der Waals surface area contributed by atoms with Gasteiger partial charge in [-0.2, -0.15) is 0 Å². The van der Waals surface area contributed by atoms with Gasteiger partial charge < -0.3 is 24.3 Å². The molecule has 0 radical (unpaired) electrons. The monoisotopic (exact) mass is 474 g/mol. The summed E-state index contributed by atoms with van der Waals surface area (Å²) in [7, 11) is 1.91. The fourth-order valence-corrected chi connectivity index (χ4v) is 4.49. The minimum Gasteiger partial charge on any atom is -0.492 e. The molecular formula is C25H30N8O2. The van der Waals surface area contributed by atoms with Crippen molar-refractivity contribution < 1.29 is 9.47 Å². The number of anilines is 3. The van der Waals surface area contributed by atoms with Gasteiger partial charge in [-0.25, -0.2) is 15.0 Å². The molecule has 0 bridgehead atoms. The molecule has 1 aromatic carbocycles. The van der Waals surface area contributed by atoms with Crippen LogP contribution in [0.1, 0.15) is 26.5 Å². The number of fused-ring (bicyclic) bond motifs is 1. The van der Waals surface area contributed by atoms with Crippen molar-refractivity contribution in [2.24, 2.45) is 7.05 Å².